The Labute approximate surface area is 143 Å². The van der Waals surface area contributed by atoms with Crippen LogP contribution >= 0.6 is 24.0 Å². The summed E-state index contributed by atoms with van der Waals surface area (Å²) in [6.07, 6.45) is 0.875. The number of guanidine groups is 1. The molecule has 0 fully saturated rings. The van der Waals surface area contributed by atoms with Crippen molar-refractivity contribution >= 4 is 40.0 Å². The topological polar surface area (TPSA) is 96.6 Å². The van der Waals surface area contributed by atoms with Crippen LogP contribution in [-0.2, 0) is 16.4 Å². The Bertz CT molecular complexity index is 520. The van der Waals surface area contributed by atoms with Gasteiger partial charge in [-0.05, 0) is 18.9 Å². The van der Waals surface area contributed by atoms with E-state index in [9.17, 15) is 8.42 Å². The molecule has 8 heteroatoms. The summed E-state index contributed by atoms with van der Waals surface area (Å²) in [5.74, 6) is 0.453. The number of hydrogen-bond donors (Lipinski definition) is 3. The van der Waals surface area contributed by atoms with E-state index in [1.165, 1.54) is 5.56 Å². The molecule has 0 saturated carbocycles. The Hall–Kier alpha value is -0.870. The number of aliphatic imine (C=N–C) groups is 1. The standard InChI is InChI=1S/C13H22N4O2S.HI/c1-2-15-13(17-10-11-20(14,18)19)16-9-8-12-6-4-3-5-7-12;/h3-7H,2,8-11H2,1H3,(H2,14,18,19)(H2,15,16,17);1H. The van der Waals surface area contributed by atoms with Crippen molar-refractivity contribution in [3.05, 3.63) is 35.9 Å². The van der Waals surface area contributed by atoms with Gasteiger partial charge in [0.2, 0.25) is 10.0 Å². The zero-order valence-corrected chi connectivity index (χ0v) is 15.2. The number of hydrogen-bond acceptors (Lipinski definition) is 3. The Kier molecular flexibility index (Phi) is 10.4. The fourth-order valence-corrected chi connectivity index (χ4v) is 1.94. The summed E-state index contributed by atoms with van der Waals surface area (Å²) in [6, 6.07) is 10.1. The van der Waals surface area contributed by atoms with Crippen molar-refractivity contribution in [2.45, 2.75) is 13.3 Å². The van der Waals surface area contributed by atoms with E-state index in [0.29, 0.717) is 12.5 Å². The smallest absolute Gasteiger partial charge is 0.210 e. The Morgan fingerprint density at radius 2 is 1.90 bits per heavy atom. The molecule has 1 aromatic rings. The lowest BCUT2D eigenvalue weighted by Gasteiger charge is -2.11. The molecule has 1 aromatic carbocycles. The zero-order chi connectivity index (χ0) is 14.8. The molecule has 0 heterocycles. The summed E-state index contributed by atoms with van der Waals surface area (Å²) in [7, 11) is -3.46. The molecule has 120 valence electrons. The van der Waals surface area contributed by atoms with E-state index in [2.05, 4.69) is 27.8 Å². The fourth-order valence-electron chi connectivity index (χ4n) is 1.60. The molecule has 0 unspecified atom stereocenters. The van der Waals surface area contributed by atoms with Crippen LogP contribution in [0.25, 0.3) is 0 Å². The van der Waals surface area contributed by atoms with E-state index in [1.807, 2.05) is 25.1 Å². The van der Waals surface area contributed by atoms with Crippen LogP contribution in [-0.4, -0.2) is 39.8 Å². The van der Waals surface area contributed by atoms with Crippen LogP contribution in [0.5, 0.6) is 0 Å². The van der Waals surface area contributed by atoms with Crippen LogP contribution in [0.3, 0.4) is 0 Å². The number of halogens is 1. The van der Waals surface area contributed by atoms with Gasteiger partial charge in [0.15, 0.2) is 5.96 Å². The third-order valence-electron chi connectivity index (χ3n) is 2.54. The van der Waals surface area contributed by atoms with Crippen molar-refractivity contribution in [1.29, 1.82) is 0 Å². The van der Waals surface area contributed by atoms with Crippen molar-refractivity contribution in [3.63, 3.8) is 0 Å². The van der Waals surface area contributed by atoms with Crippen LogP contribution < -0.4 is 15.8 Å². The maximum absolute atomic E-state index is 10.8. The van der Waals surface area contributed by atoms with Gasteiger partial charge in [0, 0.05) is 13.1 Å². The first-order valence-corrected chi connectivity index (χ1v) is 8.29. The van der Waals surface area contributed by atoms with Crippen molar-refractivity contribution in [2.24, 2.45) is 10.1 Å². The molecule has 0 aliphatic carbocycles. The highest BCUT2D eigenvalue weighted by molar-refractivity contribution is 14.0. The fraction of sp³-hybridized carbons (Fsp3) is 0.462. The zero-order valence-electron chi connectivity index (χ0n) is 12.1. The molecule has 0 aromatic heterocycles. The first kappa shape index (κ1) is 20.1. The van der Waals surface area contributed by atoms with E-state index < -0.39 is 10.0 Å². The van der Waals surface area contributed by atoms with E-state index >= 15 is 0 Å². The summed E-state index contributed by atoms with van der Waals surface area (Å²) >= 11 is 0. The molecular formula is C13H23IN4O2S. The number of nitrogens with one attached hydrogen (secondary N) is 2. The minimum absolute atomic E-state index is 0. The van der Waals surface area contributed by atoms with Gasteiger partial charge in [-0.1, -0.05) is 30.3 Å². The van der Waals surface area contributed by atoms with E-state index in [0.717, 1.165) is 13.0 Å². The SMILES string of the molecule is CCNC(=NCCS(N)(=O)=O)NCCc1ccccc1.I. The molecule has 4 N–H and O–H groups in total. The normalized spacial score (nSPS) is 11.6. The van der Waals surface area contributed by atoms with Gasteiger partial charge < -0.3 is 10.6 Å². The predicted molar refractivity (Wildman–Crippen MR) is 97.5 cm³/mol. The summed E-state index contributed by atoms with van der Waals surface area (Å²) in [4.78, 5) is 4.17. The third-order valence-corrected chi connectivity index (χ3v) is 3.29. The average Bonchev–Trinajstić information content (AvgIpc) is 2.38. The van der Waals surface area contributed by atoms with Gasteiger partial charge in [-0.15, -0.1) is 24.0 Å². The largest absolute Gasteiger partial charge is 0.357 e. The van der Waals surface area contributed by atoms with Gasteiger partial charge in [0.1, 0.15) is 0 Å². The molecule has 0 atom stereocenters. The van der Waals surface area contributed by atoms with Gasteiger partial charge in [-0.3, -0.25) is 4.99 Å². The van der Waals surface area contributed by atoms with Gasteiger partial charge in [0.25, 0.3) is 0 Å². The van der Waals surface area contributed by atoms with Gasteiger partial charge >= 0.3 is 0 Å². The minimum Gasteiger partial charge on any atom is -0.357 e. The molecule has 0 saturated heterocycles. The summed E-state index contributed by atoms with van der Waals surface area (Å²) in [5.41, 5.74) is 1.24. The maximum Gasteiger partial charge on any atom is 0.210 e. The summed E-state index contributed by atoms with van der Waals surface area (Å²) < 4.78 is 21.7. The van der Waals surface area contributed by atoms with Crippen molar-refractivity contribution in [1.82, 2.24) is 10.6 Å². The molecule has 0 bridgehead atoms. The molecule has 0 aliphatic rings. The number of nitrogens with two attached hydrogens (primary N) is 1. The van der Waals surface area contributed by atoms with Gasteiger partial charge in [0.05, 0.1) is 12.3 Å². The highest BCUT2D eigenvalue weighted by Crippen LogP contribution is 1.97. The average molecular weight is 426 g/mol. The Morgan fingerprint density at radius 1 is 1.24 bits per heavy atom. The molecule has 0 spiro atoms. The second-order valence-electron chi connectivity index (χ2n) is 4.29. The lowest BCUT2D eigenvalue weighted by molar-refractivity contribution is 0.597. The van der Waals surface area contributed by atoms with Crippen molar-refractivity contribution in [2.75, 3.05) is 25.4 Å². The molecular weight excluding hydrogens is 403 g/mol. The third kappa shape index (κ3) is 10.5. The summed E-state index contributed by atoms with van der Waals surface area (Å²) in [6.45, 7) is 3.55. The first-order chi connectivity index (χ1) is 9.51. The molecule has 0 radical (unpaired) electrons. The van der Waals surface area contributed by atoms with Crippen molar-refractivity contribution in [3.8, 4) is 0 Å². The number of benzene rings is 1. The van der Waals surface area contributed by atoms with Crippen LogP contribution in [0.2, 0.25) is 0 Å². The maximum atomic E-state index is 10.8. The lowest BCUT2D eigenvalue weighted by Crippen LogP contribution is -2.38. The minimum atomic E-state index is -3.46. The molecule has 0 amide bonds. The highest BCUT2D eigenvalue weighted by atomic mass is 127. The van der Waals surface area contributed by atoms with Gasteiger partial charge in [-0.25, -0.2) is 13.6 Å². The van der Waals surface area contributed by atoms with Crippen LogP contribution in [0.15, 0.2) is 35.3 Å². The number of sulfonamides is 1. The van der Waals surface area contributed by atoms with Crippen LogP contribution in [0.1, 0.15) is 12.5 Å². The lowest BCUT2D eigenvalue weighted by atomic mass is 10.1. The van der Waals surface area contributed by atoms with Crippen LogP contribution in [0, 0.1) is 0 Å². The second-order valence-corrected chi connectivity index (χ2v) is 6.02. The Balaban J connectivity index is 0.00000400. The Morgan fingerprint density at radius 3 is 2.48 bits per heavy atom. The molecule has 1 rings (SSSR count). The quantitative estimate of drug-likeness (QED) is 0.340. The van der Waals surface area contributed by atoms with E-state index in [4.69, 9.17) is 5.14 Å². The number of rotatable bonds is 7. The van der Waals surface area contributed by atoms with Crippen LogP contribution in [0.4, 0.5) is 0 Å². The van der Waals surface area contributed by atoms with E-state index in [1.54, 1.807) is 0 Å². The molecule has 21 heavy (non-hydrogen) atoms. The summed E-state index contributed by atoms with van der Waals surface area (Å²) in [5, 5.41) is 11.2. The van der Waals surface area contributed by atoms with Gasteiger partial charge in [-0.2, -0.15) is 0 Å². The molecule has 6 nitrogen and oxygen atoms in total. The second kappa shape index (κ2) is 10.8. The molecule has 0 aliphatic heterocycles. The van der Waals surface area contributed by atoms with Crippen molar-refractivity contribution < 1.29 is 8.42 Å². The first-order valence-electron chi connectivity index (χ1n) is 6.58. The predicted octanol–water partition coefficient (Wildman–Crippen LogP) is 0.691. The highest BCUT2D eigenvalue weighted by Gasteiger charge is 2.02. The van der Waals surface area contributed by atoms with E-state index in [-0.39, 0.29) is 36.3 Å². The number of nitrogens with zero attached hydrogens (tertiary/aromatic N) is 1. The number of primary sulfonamides is 1. The monoisotopic (exact) mass is 426 g/mol.